The maximum Gasteiger partial charge on any atom is 0.224 e. The van der Waals surface area contributed by atoms with E-state index in [1.807, 2.05) is 30.3 Å². The van der Waals surface area contributed by atoms with E-state index in [0.29, 0.717) is 13.0 Å². The molecule has 4 nitrogen and oxygen atoms in total. The van der Waals surface area contributed by atoms with Gasteiger partial charge in [-0.15, -0.1) is 0 Å². The summed E-state index contributed by atoms with van der Waals surface area (Å²) in [5, 5.41) is 3.12. The van der Waals surface area contributed by atoms with Gasteiger partial charge < -0.3 is 16.0 Å². The van der Waals surface area contributed by atoms with Crippen LogP contribution in [0.1, 0.15) is 12.0 Å². The molecule has 0 spiro atoms. The summed E-state index contributed by atoms with van der Waals surface area (Å²) in [6.45, 7) is 2.38. The lowest BCUT2D eigenvalue weighted by Gasteiger charge is -2.18. The van der Waals surface area contributed by atoms with Gasteiger partial charge in [0.05, 0.1) is 5.92 Å². The number of likely N-dealkylation sites (tertiary alicyclic amines) is 1. The van der Waals surface area contributed by atoms with Crippen molar-refractivity contribution in [2.45, 2.75) is 18.9 Å². The topological polar surface area (TPSA) is 58.4 Å². The Morgan fingerprint density at radius 1 is 1.47 bits per heavy atom. The normalized spacial score (nSPS) is 21.3. The molecule has 0 radical (unpaired) electrons. The molecule has 3 N–H and O–H groups in total. The minimum absolute atomic E-state index is 0.0895. The van der Waals surface area contributed by atoms with Gasteiger partial charge in [0.15, 0.2) is 0 Å². The van der Waals surface area contributed by atoms with Crippen molar-refractivity contribution in [3.63, 3.8) is 0 Å². The number of hydrogen-bond donors (Lipinski definition) is 2. The van der Waals surface area contributed by atoms with Gasteiger partial charge in [0.2, 0.25) is 5.91 Å². The van der Waals surface area contributed by atoms with E-state index in [-0.39, 0.29) is 17.9 Å². The molecule has 1 fully saturated rings. The van der Waals surface area contributed by atoms with Crippen LogP contribution < -0.4 is 11.1 Å². The van der Waals surface area contributed by atoms with Crippen molar-refractivity contribution in [1.82, 2.24) is 10.2 Å². The SMILES string of the molecule is CN1CCC(NC(=O)C(CN)Cc2ccccc2)C1. The van der Waals surface area contributed by atoms with E-state index in [0.717, 1.165) is 25.1 Å². The summed E-state index contributed by atoms with van der Waals surface area (Å²) in [7, 11) is 2.08. The number of rotatable bonds is 5. The molecule has 2 atom stereocenters. The van der Waals surface area contributed by atoms with Gasteiger partial charge in [-0.2, -0.15) is 0 Å². The number of likely N-dealkylation sites (N-methyl/N-ethyl adjacent to an activating group) is 1. The number of nitrogens with zero attached hydrogens (tertiary/aromatic N) is 1. The second-order valence-electron chi connectivity index (χ2n) is 5.38. The Labute approximate surface area is 115 Å². The van der Waals surface area contributed by atoms with Crippen molar-refractivity contribution < 1.29 is 4.79 Å². The van der Waals surface area contributed by atoms with Crippen molar-refractivity contribution in [2.24, 2.45) is 11.7 Å². The molecular weight excluding hydrogens is 238 g/mol. The maximum absolute atomic E-state index is 12.2. The van der Waals surface area contributed by atoms with Gasteiger partial charge in [0.1, 0.15) is 0 Å². The fraction of sp³-hybridized carbons (Fsp3) is 0.533. The van der Waals surface area contributed by atoms with Gasteiger partial charge in [-0.25, -0.2) is 0 Å². The van der Waals surface area contributed by atoms with Gasteiger partial charge in [-0.05, 0) is 32.0 Å². The Morgan fingerprint density at radius 3 is 2.79 bits per heavy atom. The molecule has 2 rings (SSSR count). The van der Waals surface area contributed by atoms with Crippen LogP contribution in [0, 0.1) is 5.92 Å². The summed E-state index contributed by atoms with van der Waals surface area (Å²) in [6.07, 6.45) is 1.75. The Hall–Kier alpha value is -1.39. The van der Waals surface area contributed by atoms with Crippen molar-refractivity contribution in [2.75, 3.05) is 26.7 Å². The molecule has 1 saturated heterocycles. The third-order valence-electron chi connectivity index (χ3n) is 3.72. The van der Waals surface area contributed by atoms with E-state index in [9.17, 15) is 4.79 Å². The molecule has 104 valence electrons. The van der Waals surface area contributed by atoms with Gasteiger partial charge in [-0.1, -0.05) is 30.3 Å². The monoisotopic (exact) mass is 261 g/mol. The van der Waals surface area contributed by atoms with Gasteiger partial charge in [0.25, 0.3) is 0 Å². The molecule has 1 aliphatic heterocycles. The zero-order chi connectivity index (χ0) is 13.7. The van der Waals surface area contributed by atoms with Crippen molar-refractivity contribution in [3.05, 3.63) is 35.9 Å². The van der Waals surface area contributed by atoms with Crippen LogP contribution in [0.25, 0.3) is 0 Å². The predicted octanol–water partition coefficient (Wildman–Crippen LogP) is 0.624. The third-order valence-corrected chi connectivity index (χ3v) is 3.72. The van der Waals surface area contributed by atoms with E-state index >= 15 is 0 Å². The van der Waals surface area contributed by atoms with Crippen LogP contribution in [0.5, 0.6) is 0 Å². The summed E-state index contributed by atoms with van der Waals surface area (Å²) in [4.78, 5) is 14.5. The lowest BCUT2D eigenvalue weighted by Crippen LogP contribution is -2.43. The highest BCUT2D eigenvalue weighted by Gasteiger charge is 2.24. The molecule has 1 amide bonds. The van der Waals surface area contributed by atoms with Crippen LogP contribution in [-0.4, -0.2) is 43.5 Å². The Balaban J connectivity index is 1.88. The van der Waals surface area contributed by atoms with Crippen molar-refractivity contribution >= 4 is 5.91 Å². The molecule has 0 bridgehead atoms. The van der Waals surface area contributed by atoms with E-state index in [1.165, 1.54) is 0 Å². The van der Waals surface area contributed by atoms with Crippen LogP contribution >= 0.6 is 0 Å². The highest BCUT2D eigenvalue weighted by Crippen LogP contribution is 2.11. The minimum Gasteiger partial charge on any atom is -0.352 e. The average Bonchev–Trinajstić information content (AvgIpc) is 2.82. The van der Waals surface area contributed by atoms with Crippen LogP contribution in [0.3, 0.4) is 0 Å². The summed E-state index contributed by atoms with van der Waals surface area (Å²) < 4.78 is 0. The van der Waals surface area contributed by atoms with E-state index in [4.69, 9.17) is 5.73 Å². The molecule has 1 aromatic carbocycles. The van der Waals surface area contributed by atoms with Crippen LogP contribution in [0.4, 0.5) is 0 Å². The average molecular weight is 261 g/mol. The predicted molar refractivity (Wildman–Crippen MR) is 76.7 cm³/mol. The largest absolute Gasteiger partial charge is 0.352 e. The summed E-state index contributed by atoms with van der Waals surface area (Å²) in [6, 6.07) is 10.3. The van der Waals surface area contributed by atoms with Crippen molar-refractivity contribution in [3.8, 4) is 0 Å². The Morgan fingerprint density at radius 2 is 2.21 bits per heavy atom. The molecule has 1 heterocycles. The van der Waals surface area contributed by atoms with E-state index in [1.54, 1.807) is 0 Å². The first-order valence-corrected chi connectivity index (χ1v) is 6.92. The minimum atomic E-state index is -0.131. The molecule has 0 aromatic heterocycles. The number of carbonyl (C=O) groups is 1. The molecule has 1 aromatic rings. The van der Waals surface area contributed by atoms with Crippen LogP contribution in [0.2, 0.25) is 0 Å². The first-order valence-electron chi connectivity index (χ1n) is 6.92. The highest BCUT2D eigenvalue weighted by molar-refractivity contribution is 5.79. The van der Waals surface area contributed by atoms with E-state index in [2.05, 4.69) is 17.3 Å². The lowest BCUT2D eigenvalue weighted by atomic mass is 9.98. The first kappa shape index (κ1) is 14.0. The summed E-state index contributed by atoms with van der Waals surface area (Å²) >= 11 is 0. The number of nitrogens with two attached hydrogens (primary N) is 1. The zero-order valence-electron chi connectivity index (χ0n) is 11.5. The quantitative estimate of drug-likeness (QED) is 0.817. The second-order valence-corrected chi connectivity index (χ2v) is 5.38. The molecule has 4 heteroatoms. The lowest BCUT2D eigenvalue weighted by molar-refractivity contribution is -0.125. The number of amides is 1. The molecule has 0 aliphatic carbocycles. The Kier molecular flexibility index (Phi) is 4.93. The fourth-order valence-electron chi connectivity index (χ4n) is 2.55. The summed E-state index contributed by atoms with van der Waals surface area (Å²) in [5.41, 5.74) is 6.92. The van der Waals surface area contributed by atoms with Gasteiger partial charge in [-0.3, -0.25) is 4.79 Å². The third kappa shape index (κ3) is 4.04. The number of benzene rings is 1. The number of nitrogens with one attached hydrogen (secondary N) is 1. The van der Waals surface area contributed by atoms with Gasteiger partial charge in [0, 0.05) is 19.1 Å². The fourth-order valence-corrected chi connectivity index (χ4v) is 2.55. The molecular formula is C15H23N3O. The van der Waals surface area contributed by atoms with Crippen LogP contribution in [0.15, 0.2) is 30.3 Å². The smallest absolute Gasteiger partial charge is 0.224 e. The standard InChI is InChI=1S/C15H23N3O/c1-18-8-7-14(11-18)17-15(19)13(10-16)9-12-5-3-2-4-6-12/h2-6,13-14H,7-11,16H2,1H3,(H,17,19). The van der Waals surface area contributed by atoms with Gasteiger partial charge >= 0.3 is 0 Å². The van der Waals surface area contributed by atoms with E-state index < -0.39 is 0 Å². The maximum atomic E-state index is 12.2. The zero-order valence-corrected chi connectivity index (χ0v) is 11.5. The number of carbonyl (C=O) groups excluding carboxylic acids is 1. The number of hydrogen-bond acceptors (Lipinski definition) is 3. The highest BCUT2D eigenvalue weighted by atomic mass is 16.2. The molecule has 19 heavy (non-hydrogen) atoms. The van der Waals surface area contributed by atoms with Crippen LogP contribution in [-0.2, 0) is 11.2 Å². The molecule has 2 unspecified atom stereocenters. The second kappa shape index (κ2) is 6.68. The summed E-state index contributed by atoms with van der Waals surface area (Å²) in [5.74, 6) is -0.0417. The first-order chi connectivity index (χ1) is 9.19. The Bertz CT molecular complexity index is 407. The van der Waals surface area contributed by atoms with Crippen molar-refractivity contribution in [1.29, 1.82) is 0 Å². The molecule has 0 saturated carbocycles. The molecule has 1 aliphatic rings.